The van der Waals surface area contributed by atoms with Crippen LogP contribution < -0.4 is 5.73 Å². The third-order valence-corrected chi connectivity index (χ3v) is 4.53. The average Bonchev–Trinajstić information content (AvgIpc) is 2.67. The van der Waals surface area contributed by atoms with Crippen LogP contribution in [0.2, 0.25) is 0 Å². The van der Waals surface area contributed by atoms with Crippen LogP contribution >= 0.6 is 0 Å². The van der Waals surface area contributed by atoms with Gasteiger partial charge in [-0.15, -0.1) is 0 Å². The Balaban J connectivity index is 1.97. The zero-order chi connectivity index (χ0) is 10.9. The van der Waals surface area contributed by atoms with E-state index >= 15 is 0 Å². The van der Waals surface area contributed by atoms with Gasteiger partial charge in [0.25, 0.3) is 0 Å². The van der Waals surface area contributed by atoms with E-state index in [0.29, 0.717) is 6.04 Å². The molecule has 1 aliphatic heterocycles. The van der Waals surface area contributed by atoms with Gasteiger partial charge in [-0.2, -0.15) is 0 Å². The Bertz CT molecular complexity index is 207. The number of piperidine rings is 1. The molecule has 0 amide bonds. The van der Waals surface area contributed by atoms with Crippen LogP contribution in [0.5, 0.6) is 0 Å². The molecular formula is C13H26N2. The molecule has 0 aromatic heterocycles. The number of hydrogen-bond acceptors (Lipinski definition) is 2. The first-order valence-corrected chi connectivity index (χ1v) is 6.65. The van der Waals surface area contributed by atoms with Gasteiger partial charge in [0.15, 0.2) is 0 Å². The van der Waals surface area contributed by atoms with Crippen LogP contribution in [-0.4, -0.2) is 29.6 Å². The molecule has 0 aromatic carbocycles. The smallest absolute Gasteiger partial charge is 0.0195 e. The molecule has 2 rings (SSSR count). The minimum absolute atomic E-state index is 0.188. The average molecular weight is 210 g/mol. The quantitative estimate of drug-likeness (QED) is 0.758. The van der Waals surface area contributed by atoms with Crippen molar-refractivity contribution >= 4 is 0 Å². The van der Waals surface area contributed by atoms with E-state index < -0.39 is 0 Å². The van der Waals surface area contributed by atoms with Crippen molar-refractivity contribution in [1.82, 2.24) is 4.90 Å². The Morgan fingerprint density at radius 1 is 1.20 bits per heavy atom. The molecule has 1 saturated carbocycles. The fraction of sp³-hybridized carbons (Fsp3) is 1.00. The summed E-state index contributed by atoms with van der Waals surface area (Å²) in [6, 6.07) is 0.692. The molecule has 88 valence electrons. The van der Waals surface area contributed by atoms with Crippen LogP contribution in [0, 0.1) is 5.92 Å². The summed E-state index contributed by atoms with van der Waals surface area (Å²) in [7, 11) is 0. The summed E-state index contributed by atoms with van der Waals surface area (Å²) in [4.78, 5) is 2.61. The largest absolute Gasteiger partial charge is 0.325 e. The molecule has 2 heteroatoms. The van der Waals surface area contributed by atoms with E-state index in [1.54, 1.807) is 0 Å². The molecule has 2 aliphatic rings. The summed E-state index contributed by atoms with van der Waals surface area (Å²) >= 11 is 0. The number of hydrogen-bond donors (Lipinski definition) is 1. The monoisotopic (exact) mass is 210 g/mol. The maximum atomic E-state index is 6.57. The molecule has 2 fully saturated rings. The van der Waals surface area contributed by atoms with E-state index in [9.17, 15) is 0 Å². The SMILES string of the molecule is CC(C)N1CCCC(C2(N)CCCC2)C1. The van der Waals surface area contributed by atoms with Gasteiger partial charge >= 0.3 is 0 Å². The first kappa shape index (κ1) is 11.4. The zero-order valence-corrected chi connectivity index (χ0v) is 10.3. The van der Waals surface area contributed by atoms with Crippen molar-refractivity contribution in [3.8, 4) is 0 Å². The lowest BCUT2D eigenvalue weighted by Crippen LogP contribution is -2.53. The molecule has 1 aliphatic carbocycles. The Kier molecular flexibility index (Phi) is 3.36. The van der Waals surface area contributed by atoms with Crippen LogP contribution in [0.3, 0.4) is 0 Å². The molecule has 15 heavy (non-hydrogen) atoms. The van der Waals surface area contributed by atoms with Crippen molar-refractivity contribution in [3.05, 3.63) is 0 Å². The third-order valence-electron chi connectivity index (χ3n) is 4.53. The highest BCUT2D eigenvalue weighted by atomic mass is 15.2. The summed E-state index contributed by atoms with van der Waals surface area (Å²) in [6.45, 7) is 7.14. The number of nitrogens with zero attached hydrogens (tertiary/aromatic N) is 1. The van der Waals surface area contributed by atoms with Gasteiger partial charge in [0.1, 0.15) is 0 Å². The van der Waals surface area contributed by atoms with Crippen molar-refractivity contribution in [3.63, 3.8) is 0 Å². The van der Waals surface area contributed by atoms with Gasteiger partial charge in [-0.3, -0.25) is 0 Å². The van der Waals surface area contributed by atoms with E-state index in [2.05, 4.69) is 18.7 Å². The van der Waals surface area contributed by atoms with E-state index in [-0.39, 0.29) is 5.54 Å². The predicted molar refractivity (Wildman–Crippen MR) is 64.8 cm³/mol. The molecular weight excluding hydrogens is 184 g/mol. The second-order valence-corrected chi connectivity index (χ2v) is 5.87. The van der Waals surface area contributed by atoms with Gasteiger partial charge in [-0.05, 0) is 52.0 Å². The molecule has 1 heterocycles. The lowest BCUT2D eigenvalue weighted by atomic mass is 9.78. The highest BCUT2D eigenvalue weighted by Gasteiger charge is 2.39. The molecule has 0 spiro atoms. The Labute approximate surface area is 94.2 Å². The van der Waals surface area contributed by atoms with Gasteiger partial charge in [-0.1, -0.05) is 12.8 Å². The second-order valence-electron chi connectivity index (χ2n) is 5.87. The molecule has 1 saturated heterocycles. The lowest BCUT2D eigenvalue weighted by molar-refractivity contribution is 0.0945. The van der Waals surface area contributed by atoms with Gasteiger partial charge in [0.2, 0.25) is 0 Å². The molecule has 0 bridgehead atoms. The second kappa shape index (κ2) is 4.42. The fourth-order valence-corrected chi connectivity index (χ4v) is 3.39. The normalized spacial score (nSPS) is 32.4. The topological polar surface area (TPSA) is 29.3 Å². The molecule has 2 N–H and O–H groups in total. The fourth-order valence-electron chi connectivity index (χ4n) is 3.39. The van der Waals surface area contributed by atoms with E-state index in [4.69, 9.17) is 5.73 Å². The van der Waals surface area contributed by atoms with Crippen LogP contribution in [0.1, 0.15) is 52.4 Å². The standard InChI is InChI=1S/C13H26N2/c1-11(2)15-9-5-6-12(10-15)13(14)7-3-4-8-13/h11-12H,3-10,14H2,1-2H3. The number of rotatable bonds is 2. The summed E-state index contributed by atoms with van der Waals surface area (Å²) < 4.78 is 0. The van der Waals surface area contributed by atoms with Crippen molar-refractivity contribution in [2.45, 2.75) is 64.0 Å². The molecule has 1 unspecified atom stereocenters. The number of likely N-dealkylation sites (tertiary alicyclic amines) is 1. The highest BCUT2D eigenvalue weighted by Crippen LogP contribution is 2.38. The van der Waals surface area contributed by atoms with Gasteiger partial charge in [0.05, 0.1) is 0 Å². The minimum atomic E-state index is 0.188. The maximum Gasteiger partial charge on any atom is 0.0195 e. The van der Waals surface area contributed by atoms with Gasteiger partial charge in [-0.25, -0.2) is 0 Å². The van der Waals surface area contributed by atoms with Crippen LogP contribution in [0.25, 0.3) is 0 Å². The lowest BCUT2D eigenvalue weighted by Gasteiger charge is -2.43. The molecule has 2 nitrogen and oxygen atoms in total. The van der Waals surface area contributed by atoms with Crippen LogP contribution in [0.15, 0.2) is 0 Å². The van der Waals surface area contributed by atoms with Gasteiger partial charge < -0.3 is 10.6 Å². The summed E-state index contributed by atoms with van der Waals surface area (Å²) in [5.41, 5.74) is 6.76. The zero-order valence-electron chi connectivity index (χ0n) is 10.3. The van der Waals surface area contributed by atoms with Gasteiger partial charge in [0, 0.05) is 18.1 Å². The van der Waals surface area contributed by atoms with Crippen molar-refractivity contribution in [2.24, 2.45) is 11.7 Å². The Morgan fingerprint density at radius 2 is 1.87 bits per heavy atom. The summed E-state index contributed by atoms with van der Waals surface area (Å²) in [5.74, 6) is 0.760. The van der Waals surface area contributed by atoms with E-state index in [1.165, 1.54) is 51.6 Å². The summed E-state index contributed by atoms with van der Waals surface area (Å²) in [5, 5.41) is 0. The van der Waals surface area contributed by atoms with Crippen LogP contribution in [0.4, 0.5) is 0 Å². The van der Waals surface area contributed by atoms with E-state index in [0.717, 1.165) is 5.92 Å². The predicted octanol–water partition coefficient (Wildman–Crippen LogP) is 2.38. The van der Waals surface area contributed by atoms with Crippen molar-refractivity contribution in [1.29, 1.82) is 0 Å². The van der Waals surface area contributed by atoms with Crippen molar-refractivity contribution in [2.75, 3.05) is 13.1 Å². The Morgan fingerprint density at radius 3 is 2.47 bits per heavy atom. The molecule has 0 radical (unpaired) electrons. The summed E-state index contributed by atoms with van der Waals surface area (Å²) in [6.07, 6.45) is 7.96. The molecule has 1 atom stereocenters. The van der Waals surface area contributed by atoms with Crippen LogP contribution in [-0.2, 0) is 0 Å². The first-order valence-electron chi connectivity index (χ1n) is 6.65. The maximum absolute atomic E-state index is 6.57. The van der Waals surface area contributed by atoms with E-state index in [1.807, 2.05) is 0 Å². The minimum Gasteiger partial charge on any atom is -0.325 e. The highest BCUT2D eigenvalue weighted by molar-refractivity contribution is 4.98. The Hall–Kier alpha value is -0.0800. The van der Waals surface area contributed by atoms with Crippen molar-refractivity contribution < 1.29 is 0 Å². The number of nitrogens with two attached hydrogens (primary N) is 1. The third kappa shape index (κ3) is 2.36. The molecule has 0 aromatic rings. The first-order chi connectivity index (χ1) is 7.12.